The molecular formula is C6H10O4. The van der Waals surface area contributed by atoms with E-state index in [1.54, 1.807) is 6.92 Å². The van der Waals surface area contributed by atoms with Gasteiger partial charge in [0.25, 0.3) is 0 Å². The quantitative estimate of drug-likeness (QED) is 0.432. The highest BCUT2D eigenvalue weighted by Gasteiger charge is 2.33. The molecular weight excluding hydrogens is 136 g/mol. The zero-order chi connectivity index (χ0) is 7.72. The van der Waals surface area contributed by atoms with Crippen molar-refractivity contribution in [2.24, 2.45) is 0 Å². The van der Waals surface area contributed by atoms with E-state index in [1.165, 1.54) is 0 Å². The molecule has 0 saturated carbocycles. The average molecular weight is 146 g/mol. The summed E-state index contributed by atoms with van der Waals surface area (Å²) in [4.78, 5) is 10.6. The number of rotatable bonds is 0. The molecule has 4 nitrogen and oxygen atoms in total. The Morgan fingerprint density at radius 2 is 2.20 bits per heavy atom. The molecule has 1 aliphatic heterocycles. The predicted octanol–water partition coefficient (Wildman–Crippen LogP) is -0.956. The van der Waals surface area contributed by atoms with E-state index in [-0.39, 0.29) is 6.10 Å². The summed E-state index contributed by atoms with van der Waals surface area (Å²) in [7, 11) is 0. The van der Waals surface area contributed by atoms with E-state index in [0.717, 1.165) is 0 Å². The number of esters is 1. The lowest BCUT2D eigenvalue weighted by Gasteiger charge is -2.26. The molecule has 0 radical (unpaired) electrons. The van der Waals surface area contributed by atoms with E-state index >= 15 is 0 Å². The first kappa shape index (κ1) is 7.50. The van der Waals surface area contributed by atoms with Gasteiger partial charge in [-0.15, -0.1) is 0 Å². The van der Waals surface area contributed by atoms with Crippen LogP contribution >= 0.6 is 0 Å². The van der Waals surface area contributed by atoms with Gasteiger partial charge >= 0.3 is 5.97 Å². The molecule has 0 amide bonds. The topological polar surface area (TPSA) is 66.8 Å². The van der Waals surface area contributed by atoms with Crippen LogP contribution in [0.5, 0.6) is 0 Å². The van der Waals surface area contributed by atoms with Crippen LogP contribution in [0, 0.1) is 0 Å². The number of carbonyl (C=O) groups excluding carboxylic acids is 1. The Labute approximate surface area is 58.4 Å². The molecule has 1 saturated heterocycles. The number of carbonyl (C=O) groups is 1. The molecule has 3 atom stereocenters. The second-order valence-corrected chi connectivity index (χ2v) is 2.50. The van der Waals surface area contributed by atoms with Gasteiger partial charge in [0.2, 0.25) is 0 Å². The normalized spacial score (nSPS) is 41.1. The standard InChI is InChI=1S/C6H10O4/c1-3-2-4(7)5(8)6(9)10-3/h3-5,7-8H,2H2,1H3/t3-,4+,5-/m1/s1. The van der Waals surface area contributed by atoms with Crippen molar-refractivity contribution >= 4 is 5.97 Å². The molecule has 0 unspecified atom stereocenters. The molecule has 4 heteroatoms. The molecule has 10 heavy (non-hydrogen) atoms. The van der Waals surface area contributed by atoms with Crippen molar-refractivity contribution in [2.45, 2.75) is 31.7 Å². The van der Waals surface area contributed by atoms with Crippen LogP contribution in [0.15, 0.2) is 0 Å². The Kier molecular flexibility index (Phi) is 1.92. The lowest BCUT2D eigenvalue weighted by atomic mass is 10.0. The fraction of sp³-hybridized carbons (Fsp3) is 0.833. The largest absolute Gasteiger partial charge is 0.461 e. The van der Waals surface area contributed by atoms with Crippen LogP contribution in [0.1, 0.15) is 13.3 Å². The van der Waals surface area contributed by atoms with E-state index in [4.69, 9.17) is 10.2 Å². The Hall–Kier alpha value is -0.610. The van der Waals surface area contributed by atoms with E-state index in [2.05, 4.69) is 4.74 Å². The van der Waals surface area contributed by atoms with Crippen LogP contribution in [0.4, 0.5) is 0 Å². The monoisotopic (exact) mass is 146 g/mol. The number of aliphatic hydroxyl groups excluding tert-OH is 2. The minimum absolute atomic E-state index is 0.286. The summed E-state index contributed by atoms with van der Waals surface area (Å²) >= 11 is 0. The van der Waals surface area contributed by atoms with Gasteiger partial charge in [-0.25, -0.2) is 4.79 Å². The summed E-state index contributed by atoms with van der Waals surface area (Å²) in [5, 5.41) is 17.8. The summed E-state index contributed by atoms with van der Waals surface area (Å²) in [5.74, 6) is -0.730. The van der Waals surface area contributed by atoms with Crippen LogP contribution in [0.25, 0.3) is 0 Å². The van der Waals surface area contributed by atoms with Crippen molar-refractivity contribution in [3.8, 4) is 0 Å². The number of aliphatic hydroxyl groups is 2. The lowest BCUT2D eigenvalue weighted by molar-refractivity contribution is -0.177. The molecule has 1 heterocycles. The SMILES string of the molecule is C[C@@H]1C[C@H](O)[C@@H](O)C(=O)O1. The number of cyclic esters (lactones) is 1. The molecule has 1 fully saturated rings. The van der Waals surface area contributed by atoms with Gasteiger partial charge in [0.05, 0.1) is 6.10 Å². The number of hydrogen-bond donors (Lipinski definition) is 2. The molecule has 0 aliphatic carbocycles. The zero-order valence-electron chi connectivity index (χ0n) is 5.65. The third-order valence-electron chi connectivity index (χ3n) is 1.50. The van der Waals surface area contributed by atoms with E-state index in [0.29, 0.717) is 6.42 Å². The minimum Gasteiger partial charge on any atom is -0.461 e. The molecule has 0 bridgehead atoms. The molecule has 2 N–H and O–H groups in total. The van der Waals surface area contributed by atoms with Gasteiger partial charge < -0.3 is 14.9 Å². The second-order valence-electron chi connectivity index (χ2n) is 2.50. The third kappa shape index (κ3) is 1.27. The molecule has 1 aliphatic rings. The van der Waals surface area contributed by atoms with E-state index < -0.39 is 18.2 Å². The van der Waals surface area contributed by atoms with Crippen molar-refractivity contribution in [3.05, 3.63) is 0 Å². The Bertz CT molecular complexity index is 145. The molecule has 0 aromatic heterocycles. The molecule has 0 spiro atoms. The lowest BCUT2D eigenvalue weighted by Crippen LogP contribution is -2.44. The summed E-state index contributed by atoms with van der Waals surface area (Å²) in [6, 6.07) is 0. The Morgan fingerprint density at radius 1 is 1.60 bits per heavy atom. The summed E-state index contributed by atoms with van der Waals surface area (Å²) in [5.41, 5.74) is 0. The summed E-state index contributed by atoms with van der Waals surface area (Å²) in [6.45, 7) is 1.67. The average Bonchev–Trinajstić information content (AvgIpc) is 1.82. The highest BCUT2D eigenvalue weighted by Crippen LogP contribution is 2.14. The van der Waals surface area contributed by atoms with Crippen LogP contribution in [-0.2, 0) is 9.53 Å². The molecule has 58 valence electrons. The fourth-order valence-corrected chi connectivity index (χ4v) is 0.942. The van der Waals surface area contributed by atoms with E-state index in [1.807, 2.05) is 0 Å². The number of ether oxygens (including phenoxy) is 1. The Morgan fingerprint density at radius 3 is 2.70 bits per heavy atom. The van der Waals surface area contributed by atoms with E-state index in [9.17, 15) is 4.79 Å². The first-order chi connectivity index (χ1) is 4.61. The van der Waals surface area contributed by atoms with Crippen molar-refractivity contribution in [1.29, 1.82) is 0 Å². The maximum atomic E-state index is 10.6. The third-order valence-corrected chi connectivity index (χ3v) is 1.50. The predicted molar refractivity (Wildman–Crippen MR) is 32.2 cm³/mol. The highest BCUT2D eigenvalue weighted by atomic mass is 16.6. The zero-order valence-corrected chi connectivity index (χ0v) is 5.65. The first-order valence-corrected chi connectivity index (χ1v) is 3.18. The first-order valence-electron chi connectivity index (χ1n) is 3.18. The van der Waals surface area contributed by atoms with Gasteiger partial charge in [-0.2, -0.15) is 0 Å². The molecule has 0 aromatic carbocycles. The minimum atomic E-state index is -1.35. The van der Waals surface area contributed by atoms with Gasteiger partial charge in [0, 0.05) is 6.42 Å². The molecule has 1 rings (SSSR count). The molecule has 0 aromatic rings. The highest BCUT2D eigenvalue weighted by molar-refractivity contribution is 5.76. The summed E-state index contributed by atoms with van der Waals surface area (Å²) < 4.78 is 4.62. The van der Waals surface area contributed by atoms with Gasteiger partial charge in [0.1, 0.15) is 6.10 Å². The van der Waals surface area contributed by atoms with Crippen molar-refractivity contribution < 1.29 is 19.7 Å². The Balaban J connectivity index is 2.57. The summed E-state index contributed by atoms with van der Waals surface area (Å²) in [6.07, 6.45) is -2.29. The van der Waals surface area contributed by atoms with Gasteiger partial charge in [-0.3, -0.25) is 0 Å². The fourth-order valence-electron chi connectivity index (χ4n) is 0.942. The second kappa shape index (κ2) is 2.56. The van der Waals surface area contributed by atoms with Crippen LogP contribution < -0.4 is 0 Å². The van der Waals surface area contributed by atoms with Gasteiger partial charge in [-0.05, 0) is 6.92 Å². The van der Waals surface area contributed by atoms with Crippen molar-refractivity contribution in [1.82, 2.24) is 0 Å². The van der Waals surface area contributed by atoms with Crippen LogP contribution in [0.2, 0.25) is 0 Å². The van der Waals surface area contributed by atoms with Gasteiger partial charge in [0.15, 0.2) is 6.10 Å². The van der Waals surface area contributed by atoms with Crippen molar-refractivity contribution in [2.75, 3.05) is 0 Å². The van der Waals surface area contributed by atoms with Gasteiger partial charge in [-0.1, -0.05) is 0 Å². The van der Waals surface area contributed by atoms with Crippen LogP contribution in [-0.4, -0.2) is 34.5 Å². The number of hydrogen-bond acceptors (Lipinski definition) is 4. The van der Waals surface area contributed by atoms with Crippen LogP contribution in [0.3, 0.4) is 0 Å². The maximum absolute atomic E-state index is 10.6. The van der Waals surface area contributed by atoms with Crippen molar-refractivity contribution in [3.63, 3.8) is 0 Å². The maximum Gasteiger partial charge on any atom is 0.337 e. The smallest absolute Gasteiger partial charge is 0.337 e.